The number of thioether (sulfide) groups is 1. The Bertz CT molecular complexity index is 1140. The van der Waals surface area contributed by atoms with Crippen molar-refractivity contribution in [1.82, 2.24) is 0 Å². The van der Waals surface area contributed by atoms with Gasteiger partial charge in [0, 0.05) is 16.0 Å². The highest BCUT2D eigenvalue weighted by atomic mass is 32.2. The van der Waals surface area contributed by atoms with Crippen molar-refractivity contribution in [3.63, 3.8) is 0 Å². The summed E-state index contributed by atoms with van der Waals surface area (Å²) in [7, 11) is 0. The number of hydrogen-bond acceptors (Lipinski definition) is 2. The Kier molecular flexibility index (Phi) is 7.82. The van der Waals surface area contributed by atoms with E-state index in [4.69, 9.17) is 5.26 Å². The molecule has 0 bridgehead atoms. The average molecular weight is 436 g/mol. The van der Waals surface area contributed by atoms with Gasteiger partial charge in [-0.1, -0.05) is 49.8 Å². The van der Waals surface area contributed by atoms with Crippen molar-refractivity contribution in [3.05, 3.63) is 88.7 Å². The first-order chi connectivity index (χ1) is 15.0. The molecule has 0 saturated heterocycles. The van der Waals surface area contributed by atoms with Gasteiger partial charge in [0.15, 0.2) is 0 Å². The summed E-state index contributed by atoms with van der Waals surface area (Å²) in [5.41, 5.74) is 1.67. The van der Waals surface area contributed by atoms with Gasteiger partial charge in [0.2, 0.25) is 0 Å². The minimum absolute atomic E-state index is 0.311. The standard InChI is InChI=1S/C26H20F3NS/c1-2-3-4-5-19-15-25(28)23(26(29)16-19)13-7-18-6-12-22(24(27)14-18)20-8-10-21(11-9-20)31-17-30/h6,8-12,14-16H,2-5H2,1H3. The molecule has 0 spiro atoms. The maximum absolute atomic E-state index is 14.6. The van der Waals surface area contributed by atoms with Crippen LogP contribution in [-0.4, -0.2) is 0 Å². The molecule has 5 heteroatoms. The highest BCUT2D eigenvalue weighted by molar-refractivity contribution is 8.03. The summed E-state index contributed by atoms with van der Waals surface area (Å²) in [5, 5.41) is 10.7. The molecule has 0 aliphatic carbocycles. The molecule has 0 aliphatic heterocycles. The molecule has 0 atom stereocenters. The van der Waals surface area contributed by atoms with Crippen molar-refractivity contribution in [2.24, 2.45) is 0 Å². The van der Waals surface area contributed by atoms with E-state index in [1.807, 2.05) is 5.40 Å². The van der Waals surface area contributed by atoms with E-state index in [1.165, 1.54) is 18.2 Å². The molecule has 31 heavy (non-hydrogen) atoms. The molecule has 0 radical (unpaired) electrons. The first-order valence-corrected chi connectivity index (χ1v) is 10.8. The van der Waals surface area contributed by atoms with Crippen LogP contribution in [-0.2, 0) is 6.42 Å². The number of nitrogens with zero attached hydrogens (tertiary/aromatic N) is 1. The lowest BCUT2D eigenvalue weighted by Crippen LogP contribution is -1.95. The number of halogens is 3. The van der Waals surface area contributed by atoms with Gasteiger partial charge in [0.1, 0.15) is 22.9 Å². The van der Waals surface area contributed by atoms with Crippen molar-refractivity contribution in [1.29, 1.82) is 5.26 Å². The zero-order chi connectivity index (χ0) is 22.2. The molecule has 156 valence electrons. The number of unbranched alkanes of at least 4 members (excludes halogenated alkanes) is 2. The van der Waals surface area contributed by atoms with Gasteiger partial charge in [-0.15, -0.1) is 0 Å². The predicted octanol–water partition coefficient (Wildman–Crippen LogP) is 7.48. The van der Waals surface area contributed by atoms with E-state index in [-0.39, 0.29) is 5.56 Å². The van der Waals surface area contributed by atoms with E-state index in [1.54, 1.807) is 36.4 Å². The molecule has 0 aliphatic rings. The van der Waals surface area contributed by atoms with Crippen molar-refractivity contribution in [2.45, 2.75) is 37.5 Å². The lowest BCUT2D eigenvalue weighted by molar-refractivity contribution is 0.572. The number of rotatable bonds is 6. The van der Waals surface area contributed by atoms with Gasteiger partial charge in [-0.3, -0.25) is 0 Å². The molecule has 0 fully saturated rings. The zero-order valence-electron chi connectivity index (χ0n) is 17.0. The van der Waals surface area contributed by atoms with E-state index in [0.717, 1.165) is 35.9 Å². The van der Waals surface area contributed by atoms with E-state index in [2.05, 4.69) is 18.8 Å². The van der Waals surface area contributed by atoms with Gasteiger partial charge in [0.05, 0.1) is 5.56 Å². The van der Waals surface area contributed by atoms with Gasteiger partial charge in [0.25, 0.3) is 0 Å². The van der Waals surface area contributed by atoms with E-state index < -0.39 is 17.5 Å². The lowest BCUT2D eigenvalue weighted by atomic mass is 10.0. The maximum atomic E-state index is 14.6. The molecule has 3 aromatic carbocycles. The number of thiocyanates is 1. The Morgan fingerprint density at radius 1 is 0.839 bits per heavy atom. The molecule has 0 N–H and O–H groups in total. The minimum Gasteiger partial charge on any atom is -0.206 e. The molecular formula is C26H20F3NS. The fraction of sp³-hybridized carbons (Fsp3) is 0.192. The number of nitriles is 1. The Morgan fingerprint density at radius 2 is 1.55 bits per heavy atom. The van der Waals surface area contributed by atoms with E-state index in [0.29, 0.717) is 28.7 Å². The topological polar surface area (TPSA) is 23.8 Å². The van der Waals surface area contributed by atoms with Crippen LogP contribution in [0, 0.1) is 40.0 Å². The second-order valence-corrected chi connectivity index (χ2v) is 7.91. The fourth-order valence-electron chi connectivity index (χ4n) is 3.19. The van der Waals surface area contributed by atoms with Crippen LogP contribution in [0.3, 0.4) is 0 Å². The van der Waals surface area contributed by atoms with E-state index >= 15 is 0 Å². The summed E-state index contributed by atoms with van der Waals surface area (Å²) in [4.78, 5) is 0.773. The van der Waals surface area contributed by atoms with Crippen molar-refractivity contribution >= 4 is 11.8 Å². The first-order valence-electron chi connectivity index (χ1n) is 9.97. The summed E-state index contributed by atoms with van der Waals surface area (Å²) >= 11 is 1.03. The van der Waals surface area contributed by atoms with Crippen LogP contribution in [0.1, 0.15) is 42.9 Å². The third kappa shape index (κ3) is 5.94. The number of benzene rings is 3. The summed E-state index contributed by atoms with van der Waals surface area (Å²) in [6.45, 7) is 2.07. The molecule has 0 heterocycles. The van der Waals surface area contributed by atoms with Gasteiger partial charge in [-0.05, 0) is 72.1 Å². The van der Waals surface area contributed by atoms with Crippen LogP contribution >= 0.6 is 11.8 Å². The summed E-state index contributed by atoms with van der Waals surface area (Å²) in [6.07, 6.45) is 3.55. The Balaban J connectivity index is 1.80. The molecule has 0 saturated carbocycles. The van der Waals surface area contributed by atoms with Crippen LogP contribution in [0.15, 0.2) is 59.5 Å². The summed E-state index contributed by atoms with van der Waals surface area (Å²) in [6, 6.07) is 14.0. The number of aryl methyl sites for hydroxylation is 1. The highest BCUT2D eigenvalue weighted by Gasteiger charge is 2.10. The SMILES string of the molecule is CCCCCc1cc(F)c(C#Cc2ccc(-c3ccc(SC#N)cc3)c(F)c2)c(F)c1. The van der Waals surface area contributed by atoms with Gasteiger partial charge in [-0.2, -0.15) is 5.26 Å². The largest absolute Gasteiger partial charge is 0.206 e. The Morgan fingerprint density at radius 3 is 2.16 bits per heavy atom. The molecule has 0 unspecified atom stereocenters. The monoisotopic (exact) mass is 435 g/mol. The predicted molar refractivity (Wildman–Crippen MR) is 119 cm³/mol. The first kappa shape index (κ1) is 22.5. The van der Waals surface area contributed by atoms with Crippen LogP contribution in [0.4, 0.5) is 13.2 Å². The smallest absolute Gasteiger partial charge is 0.142 e. The summed E-state index contributed by atoms with van der Waals surface area (Å²) < 4.78 is 43.3. The molecule has 3 rings (SSSR count). The Labute approximate surface area is 184 Å². The third-order valence-corrected chi connectivity index (χ3v) is 5.40. The zero-order valence-corrected chi connectivity index (χ0v) is 17.8. The van der Waals surface area contributed by atoms with Gasteiger partial charge in [-0.25, -0.2) is 13.2 Å². The highest BCUT2D eigenvalue weighted by Crippen LogP contribution is 2.26. The third-order valence-electron chi connectivity index (χ3n) is 4.80. The maximum Gasteiger partial charge on any atom is 0.142 e. The van der Waals surface area contributed by atoms with Crippen molar-refractivity contribution in [3.8, 4) is 28.4 Å². The lowest BCUT2D eigenvalue weighted by Gasteiger charge is -2.05. The van der Waals surface area contributed by atoms with Crippen LogP contribution in [0.25, 0.3) is 11.1 Å². The number of hydrogen-bond donors (Lipinski definition) is 0. The molecule has 3 aromatic rings. The Hall–Kier alpha value is -3.15. The quantitative estimate of drug-likeness (QED) is 0.173. The average Bonchev–Trinajstić information content (AvgIpc) is 2.74. The molecule has 0 amide bonds. The molecule has 1 nitrogen and oxygen atoms in total. The second kappa shape index (κ2) is 10.8. The molecule has 0 aromatic heterocycles. The van der Waals surface area contributed by atoms with Gasteiger partial charge >= 0.3 is 0 Å². The van der Waals surface area contributed by atoms with Crippen molar-refractivity contribution < 1.29 is 13.2 Å². The summed E-state index contributed by atoms with van der Waals surface area (Å²) in [5.74, 6) is 3.26. The normalized spacial score (nSPS) is 10.3. The minimum atomic E-state index is -0.702. The second-order valence-electron chi connectivity index (χ2n) is 7.05. The van der Waals surface area contributed by atoms with Crippen molar-refractivity contribution in [2.75, 3.05) is 0 Å². The fourth-order valence-corrected chi connectivity index (χ4v) is 3.56. The molecular weight excluding hydrogens is 415 g/mol. The van der Waals surface area contributed by atoms with Gasteiger partial charge < -0.3 is 0 Å². The van der Waals surface area contributed by atoms with E-state index in [9.17, 15) is 13.2 Å². The van der Waals surface area contributed by atoms with Crippen LogP contribution in [0.5, 0.6) is 0 Å². The van der Waals surface area contributed by atoms with Crippen LogP contribution in [0.2, 0.25) is 0 Å². The van der Waals surface area contributed by atoms with Crippen LogP contribution < -0.4 is 0 Å².